The Hall–Kier alpha value is -3.43. The van der Waals surface area contributed by atoms with Crippen LogP contribution in [-0.4, -0.2) is 60.5 Å². The second-order valence-corrected chi connectivity index (χ2v) is 6.69. The molecule has 0 unspecified atom stereocenters. The molecule has 1 fully saturated rings. The van der Waals surface area contributed by atoms with Gasteiger partial charge >= 0.3 is 6.09 Å². The summed E-state index contributed by atoms with van der Waals surface area (Å²) < 4.78 is 15.8. The summed E-state index contributed by atoms with van der Waals surface area (Å²) in [6, 6.07) is 5.78. The molecular weight excluding hydrogens is 376 g/mol. The van der Waals surface area contributed by atoms with Crippen molar-refractivity contribution in [1.82, 2.24) is 14.9 Å². The van der Waals surface area contributed by atoms with Crippen molar-refractivity contribution in [2.45, 2.75) is 13.5 Å². The Labute approximate surface area is 168 Å². The van der Waals surface area contributed by atoms with Crippen LogP contribution >= 0.6 is 0 Å². The molecule has 1 saturated heterocycles. The van der Waals surface area contributed by atoms with Gasteiger partial charge in [-0.1, -0.05) is 6.07 Å². The lowest BCUT2D eigenvalue weighted by Gasteiger charge is -2.34. The van der Waals surface area contributed by atoms with E-state index in [1.165, 1.54) is 0 Å². The molecule has 0 spiro atoms. The summed E-state index contributed by atoms with van der Waals surface area (Å²) in [5.74, 6) is 2.64. The number of carbonyl (C=O) groups excluding carboxylic acids is 1. The number of benzene rings is 1. The van der Waals surface area contributed by atoms with Crippen LogP contribution in [0.1, 0.15) is 12.5 Å². The molecule has 154 valence electrons. The van der Waals surface area contributed by atoms with E-state index in [1.54, 1.807) is 18.0 Å². The predicted molar refractivity (Wildman–Crippen MR) is 107 cm³/mol. The monoisotopic (exact) mass is 400 g/mol. The van der Waals surface area contributed by atoms with E-state index in [2.05, 4.69) is 15.3 Å². The number of fused-ring (bicyclic) bond motifs is 1. The van der Waals surface area contributed by atoms with E-state index in [9.17, 15) is 4.79 Å². The van der Waals surface area contributed by atoms with Crippen molar-refractivity contribution in [1.29, 1.82) is 0 Å². The molecule has 3 heterocycles. The summed E-state index contributed by atoms with van der Waals surface area (Å²) in [4.78, 5) is 24.5. The van der Waals surface area contributed by atoms with Crippen LogP contribution in [0.2, 0.25) is 0 Å². The minimum absolute atomic E-state index is 0.248. The third-order valence-corrected chi connectivity index (χ3v) is 4.79. The summed E-state index contributed by atoms with van der Waals surface area (Å²) in [5.41, 5.74) is 7.55. The standard InChI is InChI=1S/C19H24N6O4/c1-2-27-19(26)25-7-5-24(6-8-25)18-22-11-14(20)17(23-18)21-10-13-3-4-15-16(9-13)29-12-28-15/h3-4,9,11H,2,5-8,10,12,20H2,1H3,(H,21,22,23). The Kier molecular flexibility index (Phi) is 5.41. The molecule has 2 aliphatic heterocycles. The van der Waals surface area contributed by atoms with Crippen molar-refractivity contribution in [3.8, 4) is 11.5 Å². The maximum absolute atomic E-state index is 11.8. The van der Waals surface area contributed by atoms with E-state index in [1.807, 2.05) is 23.1 Å². The predicted octanol–water partition coefficient (Wildman–Crippen LogP) is 1.68. The topological polar surface area (TPSA) is 115 Å². The zero-order valence-electron chi connectivity index (χ0n) is 16.3. The van der Waals surface area contributed by atoms with Crippen LogP contribution in [0.15, 0.2) is 24.4 Å². The summed E-state index contributed by atoms with van der Waals surface area (Å²) in [6.45, 7) is 5.34. The van der Waals surface area contributed by atoms with Gasteiger partial charge in [-0.05, 0) is 24.6 Å². The van der Waals surface area contributed by atoms with Crippen LogP contribution in [0, 0.1) is 0 Å². The number of rotatable bonds is 5. The van der Waals surface area contributed by atoms with Gasteiger partial charge in [0.25, 0.3) is 0 Å². The van der Waals surface area contributed by atoms with Crippen molar-refractivity contribution in [3.63, 3.8) is 0 Å². The lowest BCUT2D eigenvalue weighted by atomic mass is 10.2. The van der Waals surface area contributed by atoms with Crippen LogP contribution in [0.3, 0.4) is 0 Å². The van der Waals surface area contributed by atoms with Crippen LogP contribution in [0.25, 0.3) is 0 Å². The van der Waals surface area contributed by atoms with Crippen LogP contribution in [0.5, 0.6) is 11.5 Å². The Morgan fingerprint density at radius 3 is 2.83 bits per heavy atom. The second kappa shape index (κ2) is 8.29. The number of hydrogen-bond donors (Lipinski definition) is 2. The Morgan fingerprint density at radius 2 is 2.03 bits per heavy atom. The third-order valence-electron chi connectivity index (χ3n) is 4.79. The van der Waals surface area contributed by atoms with Gasteiger partial charge in [-0.15, -0.1) is 0 Å². The Balaban J connectivity index is 1.38. The highest BCUT2D eigenvalue weighted by Crippen LogP contribution is 2.32. The lowest BCUT2D eigenvalue weighted by molar-refractivity contribution is 0.105. The van der Waals surface area contributed by atoms with Gasteiger partial charge in [0.1, 0.15) is 0 Å². The molecule has 2 aromatic rings. The molecule has 10 nitrogen and oxygen atoms in total. The minimum Gasteiger partial charge on any atom is -0.454 e. The number of amides is 1. The first-order valence-electron chi connectivity index (χ1n) is 9.55. The molecule has 1 amide bonds. The fraction of sp³-hybridized carbons (Fsp3) is 0.421. The molecule has 0 saturated carbocycles. The van der Waals surface area contributed by atoms with E-state index in [-0.39, 0.29) is 12.9 Å². The van der Waals surface area contributed by atoms with E-state index in [4.69, 9.17) is 19.9 Å². The Bertz CT molecular complexity index is 885. The zero-order valence-corrected chi connectivity index (χ0v) is 16.3. The molecule has 1 aromatic heterocycles. The van der Waals surface area contributed by atoms with Gasteiger partial charge in [0.2, 0.25) is 12.7 Å². The van der Waals surface area contributed by atoms with E-state index in [0.29, 0.717) is 56.8 Å². The minimum atomic E-state index is -0.281. The normalized spacial score (nSPS) is 15.3. The summed E-state index contributed by atoms with van der Waals surface area (Å²) in [6.07, 6.45) is 1.32. The van der Waals surface area contributed by atoms with Gasteiger partial charge in [-0.25, -0.2) is 9.78 Å². The third kappa shape index (κ3) is 4.20. The van der Waals surface area contributed by atoms with Crippen molar-refractivity contribution in [2.75, 3.05) is 55.5 Å². The molecule has 1 aromatic carbocycles. The molecule has 0 atom stereocenters. The van der Waals surface area contributed by atoms with E-state index < -0.39 is 0 Å². The van der Waals surface area contributed by atoms with E-state index >= 15 is 0 Å². The number of hydrogen-bond acceptors (Lipinski definition) is 9. The number of nitrogens with zero attached hydrogens (tertiary/aromatic N) is 4. The maximum Gasteiger partial charge on any atom is 0.409 e. The fourth-order valence-electron chi connectivity index (χ4n) is 3.22. The number of aromatic nitrogens is 2. The van der Waals surface area contributed by atoms with Crippen LogP contribution in [-0.2, 0) is 11.3 Å². The second-order valence-electron chi connectivity index (χ2n) is 6.69. The van der Waals surface area contributed by atoms with Gasteiger partial charge < -0.3 is 35.1 Å². The van der Waals surface area contributed by atoms with Gasteiger partial charge in [-0.3, -0.25) is 0 Å². The highest BCUT2D eigenvalue weighted by Gasteiger charge is 2.23. The fourth-order valence-corrected chi connectivity index (χ4v) is 3.22. The van der Waals surface area contributed by atoms with Gasteiger partial charge in [0.05, 0.1) is 18.5 Å². The maximum atomic E-state index is 11.8. The molecule has 29 heavy (non-hydrogen) atoms. The number of nitrogens with two attached hydrogens (primary N) is 1. The molecule has 10 heteroatoms. The van der Waals surface area contributed by atoms with E-state index in [0.717, 1.165) is 17.1 Å². The SMILES string of the molecule is CCOC(=O)N1CCN(c2ncc(N)c(NCc3ccc4c(c3)OCO4)n2)CC1. The van der Waals surface area contributed by atoms with Crippen molar-refractivity contribution < 1.29 is 19.0 Å². The van der Waals surface area contributed by atoms with Crippen LogP contribution in [0.4, 0.5) is 22.2 Å². The Morgan fingerprint density at radius 1 is 1.24 bits per heavy atom. The van der Waals surface area contributed by atoms with Gasteiger partial charge in [-0.2, -0.15) is 4.98 Å². The smallest absolute Gasteiger partial charge is 0.409 e. The first kappa shape index (κ1) is 18.9. The van der Waals surface area contributed by atoms with Gasteiger partial charge in [0.15, 0.2) is 17.3 Å². The number of piperazine rings is 1. The van der Waals surface area contributed by atoms with Gasteiger partial charge in [0, 0.05) is 32.7 Å². The molecule has 2 aliphatic rings. The summed E-state index contributed by atoms with van der Waals surface area (Å²) in [7, 11) is 0. The van der Waals surface area contributed by atoms with Crippen molar-refractivity contribution in [2.24, 2.45) is 0 Å². The first-order valence-corrected chi connectivity index (χ1v) is 9.55. The van der Waals surface area contributed by atoms with Crippen molar-refractivity contribution >= 4 is 23.5 Å². The molecular formula is C19H24N6O4. The average molecular weight is 400 g/mol. The number of nitrogen functional groups attached to an aromatic ring is 1. The summed E-state index contributed by atoms with van der Waals surface area (Å²) >= 11 is 0. The van der Waals surface area contributed by atoms with Crippen LogP contribution < -0.4 is 25.4 Å². The molecule has 0 aliphatic carbocycles. The number of nitrogens with one attached hydrogen (secondary N) is 1. The van der Waals surface area contributed by atoms with Crippen molar-refractivity contribution in [3.05, 3.63) is 30.0 Å². The number of anilines is 3. The average Bonchev–Trinajstić information content (AvgIpc) is 3.21. The number of ether oxygens (including phenoxy) is 3. The lowest BCUT2D eigenvalue weighted by Crippen LogP contribution is -2.49. The highest BCUT2D eigenvalue weighted by atomic mass is 16.7. The molecule has 0 radical (unpaired) electrons. The molecule has 3 N–H and O–H groups in total. The molecule has 0 bridgehead atoms. The quantitative estimate of drug-likeness (QED) is 0.773. The largest absolute Gasteiger partial charge is 0.454 e. The highest BCUT2D eigenvalue weighted by molar-refractivity contribution is 5.68. The zero-order chi connectivity index (χ0) is 20.2. The first-order chi connectivity index (χ1) is 14.1. The molecule has 4 rings (SSSR count). The summed E-state index contributed by atoms with van der Waals surface area (Å²) in [5, 5.41) is 3.26. The number of carbonyl (C=O) groups is 1.